The minimum Gasteiger partial charge on any atom is -0.495 e. The maximum atomic E-state index is 10.4. The molecule has 0 fully saturated rings. The van der Waals surface area contributed by atoms with Gasteiger partial charge in [-0.25, -0.2) is 4.79 Å². The quantitative estimate of drug-likeness (QED) is 0.746. The number of nitriles is 1. The molecule has 5 heteroatoms. The first-order valence-corrected chi connectivity index (χ1v) is 3.76. The molecule has 0 unspecified atom stereocenters. The van der Waals surface area contributed by atoms with Gasteiger partial charge in [-0.2, -0.15) is 5.26 Å². The molecule has 0 radical (unpaired) electrons. The van der Waals surface area contributed by atoms with Crippen LogP contribution in [0.2, 0.25) is 0 Å². The lowest BCUT2D eigenvalue weighted by molar-refractivity contribution is 0.209. The lowest BCUT2D eigenvalue weighted by atomic mass is 10.2. The van der Waals surface area contributed by atoms with Crippen molar-refractivity contribution < 1.29 is 14.6 Å². The standard InChI is InChI=1S/C9H8N2O3/c1-14-7-4-2-3-6(5-10)8(7)11-9(12)13/h2-4,11H,1H3,(H,12,13). The van der Waals surface area contributed by atoms with Crippen molar-refractivity contribution in [1.29, 1.82) is 5.26 Å². The highest BCUT2D eigenvalue weighted by atomic mass is 16.5. The third kappa shape index (κ3) is 1.93. The van der Waals surface area contributed by atoms with Crippen molar-refractivity contribution >= 4 is 11.8 Å². The van der Waals surface area contributed by atoms with E-state index in [1.165, 1.54) is 13.2 Å². The van der Waals surface area contributed by atoms with Crippen LogP contribution in [0.5, 0.6) is 5.75 Å². The molecule has 5 nitrogen and oxygen atoms in total. The largest absolute Gasteiger partial charge is 0.495 e. The van der Waals surface area contributed by atoms with Crippen LogP contribution in [-0.2, 0) is 0 Å². The third-order valence-electron chi connectivity index (χ3n) is 1.60. The zero-order valence-electron chi connectivity index (χ0n) is 7.44. The van der Waals surface area contributed by atoms with Gasteiger partial charge in [0.25, 0.3) is 0 Å². The Hall–Kier alpha value is -2.22. The molecule has 0 aromatic heterocycles. The predicted molar refractivity (Wildman–Crippen MR) is 49.4 cm³/mol. The number of rotatable bonds is 2. The number of hydrogen-bond donors (Lipinski definition) is 2. The number of methoxy groups -OCH3 is 1. The molecule has 72 valence electrons. The minimum atomic E-state index is -1.23. The zero-order chi connectivity index (χ0) is 10.6. The molecule has 1 aromatic carbocycles. The Morgan fingerprint density at radius 2 is 2.36 bits per heavy atom. The lowest BCUT2D eigenvalue weighted by Gasteiger charge is -2.08. The fourth-order valence-corrected chi connectivity index (χ4v) is 1.03. The number of hydrogen-bond acceptors (Lipinski definition) is 3. The fraction of sp³-hybridized carbons (Fsp3) is 0.111. The van der Waals surface area contributed by atoms with Crippen molar-refractivity contribution in [2.45, 2.75) is 0 Å². The van der Waals surface area contributed by atoms with Gasteiger partial charge in [-0.15, -0.1) is 0 Å². The molecule has 0 heterocycles. The van der Waals surface area contributed by atoms with E-state index in [4.69, 9.17) is 15.1 Å². The molecule has 1 aromatic rings. The molecule has 1 amide bonds. The number of amides is 1. The maximum absolute atomic E-state index is 10.4. The van der Waals surface area contributed by atoms with Gasteiger partial charge >= 0.3 is 6.09 Å². The van der Waals surface area contributed by atoms with Gasteiger partial charge in [0.1, 0.15) is 17.5 Å². The highest BCUT2D eigenvalue weighted by Crippen LogP contribution is 2.27. The van der Waals surface area contributed by atoms with E-state index < -0.39 is 6.09 Å². The second kappa shape index (κ2) is 4.14. The summed E-state index contributed by atoms with van der Waals surface area (Å²) in [7, 11) is 1.41. The number of anilines is 1. The van der Waals surface area contributed by atoms with Gasteiger partial charge in [0.15, 0.2) is 0 Å². The molecule has 1 rings (SSSR count). The number of carboxylic acid groups (broad SMARTS) is 1. The SMILES string of the molecule is COc1cccc(C#N)c1NC(=O)O. The van der Waals surface area contributed by atoms with Gasteiger partial charge in [-0.3, -0.25) is 5.32 Å². The Morgan fingerprint density at radius 3 is 2.86 bits per heavy atom. The number of benzene rings is 1. The smallest absolute Gasteiger partial charge is 0.409 e. The third-order valence-corrected chi connectivity index (χ3v) is 1.60. The van der Waals surface area contributed by atoms with Crippen molar-refractivity contribution in [1.82, 2.24) is 0 Å². The second-order valence-corrected chi connectivity index (χ2v) is 2.42. The van der Waals surface area contributed by atoms with Crippen LogP contribution in [0.15, 0.2) is 18.2 Å². The number of nitrogens with one attached hydrogen (secondary N) is 1. The van der Waals surface area contributed by atoms with Crippen molar-refractivity contribution in [3.05, 3.63) is 23.8 Å². The number of ether oxygens (including phenoxy) is 1. The average Bonchev–Trinajstić information content (AvgIpc) is 2.17. The number of para-hydroxylation sites is 1. The normalized spacial score (nSPS) is 8.86. The Kier molecular flexibility index (Phi) is 2.92. The first kappa shape index (κ1) is 9.86. The van der Waals surface area contributed by atoms with Crippen LogP contribution in [-0.4, -0.2) is 18.3 Å². The highest BCUT2D eigenvalue weighted by Gasteiger charge is 2.10. The predicted octanol–water partition coefficient (Wildman–Crippen LogP) is 1.66. The molecular formula is C9H8N2O3. The summed E-state index contributed by atoms with van der Waals surface area (Å²) in [4.78, 5) is 10.4. The van der Waals surface area contributed by atoms with Gasteiger partial charge in [-0.05, 0) is 12.1 Å². The lowest BCUT2D eigenvalue weighted by Crippen LogP contribution is -2.09. The summed E-state index contributed by atoms with van der Waals surface area (Å²) in [6.45, 7) is 0. The number of carbonyl (C=O) groups is 1. The molecule has 0 bridgehead atoms. The molecule has 0 aliphatic carbocycles. The Labute approximate surface area is 80.5 Å². The van der Waals surface area contributed by atoms with Gasteiger partial charge in [-0.1, -0.05) is 6.07 Å². The van der Waals surface area contributed by atoms with Gasteiger partial charge in [0, 0.05) is 0 Å². The molecule has 2 N–H and O–H groups in total. The Bertz CT molecular complexity index is 396. The van der Waals surface area contributed by atoms with Crippen LogP contribution >= 0.6 is 0 Å². The molecule has 14 heavy (non-hydrogen) atoms. The van der Waals surface area contributed by atoms with Gasteiger partial charge < -0.3 is 9.84 Å². The van der Waals surface area contributed by atoms with Crippen molar-refractivity contribution in [2.24, 2.45) is 0 Å². The van der Waals surface area contributed by atoms with Crippen LogP contribution in [0, 0.1) is 11.3 Å². The summed E-state index contributed by atoms with van der Waals surface area (Å²) in [6.07, 6.45) is -1.23. The molecular weight excluding hydrogens is 184 g/mol. The van der Waals surface area contributed by atoms with Crippen molar-refractivity contribution in [2.75, 3.05) is 12.4 Å². The van der Waals surface area contributed by atoms with E-state index in [-0.39, 0.29) is 11.3 Å². The molecule has 0 aliphatic heterocycles. The zero-order valence-corrected chi connectivity index (χ0v) is 7.44. The highest BCUT2D eigenvalue weighted by molar-refractivity contribution is 5.87. The van der Waals surface area contributed by atoms with E-state index in [9.17, 15) is 4.79 Å². The Morgan fingerprint density at radius 1 is 1.64 bits per heavy atom. The minimum absolute atomic E-state index is 0.171. The summed E-state index contributed by atoms with van der Waals surface area (Å²) in [5.74, 6) is 0.325. The number of nitrogens with zero attached hydrogens (tertiary/aromatic N) is 1. The molecule has 0 aliphatic rings. The van der Waals surface area contributed by atoms with E-state index in [1.807, 2.05) is 6.07 Å². The van der Waals surface area contributed by atoms with Crippen LogP contribution in [0.4, 0.5) is 10.5 Å². The summed E-state index contributed by atoms with van der Waals surface area (Å²) < 4.78 is 4.91. The average molecular weight is 192 g/mol. The van der Waals surface area contributed by atoms with Crippen LogP contribution < -0.4 is 10.1 Å². The molecule has 0 saturated heterocycles. The molecule has 0 saturated carbocycles. The van der Waals surface area contributed by atoms with Crippen molar-refractivity contribution in [3.63, 3.8) is 0 Å². The summed E-state index contributed by atoms with van der Waals surface area (Å²) in [5, 5.41) is 19.4. The monoisotopic (exact) mass is 192 g/mol. The van der Waals surface area contributed by atoms with E-state index in [0.717, 1.165) is 0 Å². The van der Waals surface area contributed by atoms with E-state index in [0.29, 0.717) is 5.75 Å². The van der Waals surface area contributed by atoms with Gasteiger partial charge in [0.2, 0.25) is 0 Å². The van der Waals surface area contributed by atoms with Crippen LogP contribution in [0.1, 0.15) is 5.56 Å². The topological polar surface area (TPSA) is 82.3 Å². The van der Waals surface area contributed by atoms with Crippen molar-refractivity contribution in [3.8, 4) is 11.8 Å². The summed E-state index contributed by atoms with van der Waals surface area (Å²) in [6, 6.07) is 6.57. The Balaban J connectivity index is 3.20. The molecule has 0 atom stereocenters. The van der Waals surface area contributed by atoms with Crippen LogP contribution in [0.25, 0.3) is 0 Å². The van der Waals surface area contributed by atoms with E-state index in [1.54, 1.807) is 12.1 Å². The van der Waals surface area contributed by atoms with E-state index >= 15 is 0 Å². The summed E-state index contributed by atoms with van der Waals surface area (Å²) >= 11 is 0. The van der Waals surface area contributed by atoms with Crippen LogP contribution in [0.3, 0.4) is 0 Å². The van der Waals surface area contributed by atoms with Gasteiger partial charge in [0.05, 0.1) is 12.7 Å². The fourth-order valence-electron chi connectivity index (χ4n) is 1.03. The van der Waals surface area contributed by atoms with E-state index in [2.05, 4.69) is 5.32 Å². The first-order valence-electron chi connectivity index (χ1n) is 3.76. The summed E-state index contributed by atoms with van der Waals surface area (Å²) in [5.41, 5.74) is 0.400. The first-order chi connectivity index (χ1) is 6.69. The second-order valence-electron chi connectivity index (χ2n) is 2.42. The molecule has 0 spiro atoms. The maximum Gasteiger partial charge on any atom is 0.409 e.